The fourth-order valence-corrected chi connectivity index (χ4v) is 4.27. The third-order valence-electron chi connectivity index (χ3n) is 5.88. The maximum Gasteiger partial charge on any atom is 0.337 e. The summed E-state index contributed by atoms with van der Waals surface area (Å²) in [4.78, 5) is 11.6. The zero-order valence-electron chi connectivity index (χ0n) is 16.7. The van der Waals surface area contributed by atoms with Crippen LogP contribution in [-0.2, 0) is 6.42 Å². The number of aromatic carboxylic acids is 1. The SMILES string of the molecule is CCC(C)C1=Cc2cc(-c3ccccc3)n(-c3ccc(Cl)c(C(=O)O)c3)c2CC1. The highest BCUT2D eigenvalue weighted by Crippen LogP contribution is 2.37. The van der Waals surface area contributed by atoms with Gasteiger partial charge in [0.15, 0.2) is 0 Å². The van der Waals surface area contributed by atoms with E-state index in [1.54, 1.807) is 12.1 Å². The highest BCUT2D eigenvalue weighted by atomic mass is 35.5. The molecule has 0 fully saturated rings. The molecule has 0 aliphatic heterocycles. The van der Waals surface area contributed by atoms with Gasteiger partial charge in [-0.3, -0.25) is 0 Å². The molecule has 29 heavy (non-hydrogen) atoms. The molecule has 1 unspecified atom stereocenters. The quantitative estimate of drug-likeness (QED) is 0.503. The molecule has 1 N–H and O–H groups in total. The third kappa shape index (κ3) is 3.63. The number of aromatic nitrogens is 1. The minimum Gasteiger partial charge on any atom is -0.478 e. The molecule has 3 aromatic rings. The Kier molecular flexibility index (Phi) is 5.33. The van der Waals surface area contributed by atoms with Gasteiger partial charge in [0.05, 0.1) is 16.3 Å². The van der Waals surface area contributed by atoms with Gasteiger partial charge >= 0.3 is 5.97 Å². The van der Waals surface area contributed by atoms with Crippen LogP contribution in [0.5, 0.6) is 0 Å². The number of fused-ring (bicyclic) bond motifs is 1. The Hall–Kier alpha value is -2.78. The van der Waals surface area contributed by atoms with Gasteiger partial charge in [-0.1, -0.05) is 67.4 Å². The van der Waals surface area contributed by atoms with Gasteiger partial charge in [-0.25, -0.2) is 4.79 Å². The minimum absolute atomic E-state index is 0.122. The van der Waals surface area contributed by atoms with Gasteiger partial charge in [0.25, 0.3) is 0 Å². The van der Waals surface area contributed by atoms with E-state index < -0.39 is 5.97 Å². The van der Waals surface area contributed by atoms with Crippen LogP contribution in [0.1, 0.15) is 48.3 Å². The summed E-state index contributed by atoms with van der Waals surface area (Å²) in [5.41, 5.74) is 7.04. The first kappa shape index (κ1) is 19.5. The van der Waals surface area contributed by atoms with Crippen LogP contribution >= 0.6 is 11.6 Å². The van der Waals surface area contributed by atoms with Gasteiger partial charge in [-0.15, -0.1) is 0 Å². The maximum atomic E-state index is 11.6. The van der Waals surface area contributed by atoms with E-state index in [2.05, 4.69) is 42.7 Å². The molecule has 1 heterocycles. The second-order valence-electron chi connectivity index (χ2n) is 7.63. The zero-order chi connectivity index (χ0) is 20.5. The van der Waals surface area contributed by atoms with Crippen LogP contribution in [0, 0.1) is 5.92 Å². The number of hydrogen-bond donors (Lipinski definition) is 1. The molecule has 0 spiro atoms. The number of carbonyl (C=O) groups is 1. The first-order valence-electron chi connectivity index (χ1n) is 10.0. The normalized spacial score (nSPS) is 14.2. The number of rotatable bonds is 5. The molecule has 0 bridgehead atoms. The molecular weight excluding hydrogens is 382 g/mol. The summed E-state index contributed by atoms with van der Waals surface area (Å²) in [5.74, 6) is -0.445. The number of halogens is 1. The third-order valence-corrected chi connectivity index (χ3v) is 6.21. The predicted octanol–water partition coefficient (Wildman–Crippen LogP) is 6.87. The Morgan fingerprint density at radius 1 is 1.14 bits per heavy atom. The van der Waals surface area contributed by atoms with E-state index in [0.717, 1.165) is 36.2 Å². The van der Waals surface area contributed by atoms with Crippen molar-refractivity contribution in [2.24, 2.45) is 5.92 Å². The molecule has 1 aliphatic carbocycles. The molecule has 0 saturated carbocycles. The number of allylic oxidation sites excluding steroid dienone is 1. The number of benzene rings is 2. The van der Waals surface area contributed by atoms with Crippen molar-refractivity contribution in [2.45, 2.75) is 33.1 Å². The van der Waals surface area contributed by atoms with E-state index in [1.807, 2.05) is 24.3 Å². The van der Waals surface area contributed by atoms with Crippen LogP contribution in [0.2, 0.25) is 5.02 Å². The average molecular weight is 406 g/mol. The van der Waals surface area contributed by atoms with Gasteiger partial charge in [0.1, 0.15) is 0 Å². The average Bonchev–Trinajstić information content (AvgIpc) is 3.12. The molecule has 1 aliphatic rings. The first-order chi connectivity index (χ1) is 14.0. The summed E-state index contributed by atoms with van der Waals surface area (Å²) in [5, 5.41) is 9.78. The lowest BCUT2D eigenvalue weighted by Gasteiger charge is -2.21. The van der Waals surface area contributed by atoms with Crippen molar-refractivity contribution < 1.29 is 9.90 Å². The van der Waals surface area contributed by atoms with Crippen LogP contribution in [0.15, 0.2) is 60.2 Å². The number of carboxylic acid groups (broad SMARTS) is 1. The monoisotopic (exact) mass is 405 g/mol. The van der Waals surface area contributed by atoms with Crippen molar-refractivity contribution in [3.05, 3.63) is 82.0 Å². The molecular formula is C25H24ClNO2. The molecule has 1 atom stereocenters. The number of carboxylic acids is 1. The van der Waals surface area contributed by atoms with Gasteiger partial charge < -0.3 is 9.67 Å². The van der Waals surface area contributed by atoms with Gasteiger partial charge in [-0.2, -0.15) is 0 Å². The molecule has 2 aromatic carbocycles. The van der Waals surface area contributed by atoms with Crippen LogP contribution in [0.25, 0.3) is 23.0 Å². The summed E-state index contributed by atoms with van der Waals surface area (Å²) in [7, 11) is 0. The van der Waals surface area contributed by atoms with Crippen molar-refractivity contribution in [2.75, 3.05) is 0 Å². The lowest BCUT2D eigenvalue weighted by Crippen LogP contribution is -2.10. The lowest BCUT2D eigenvalue weighted by molar-refractivity contribution is 0.0697. The van der Waals surface area contributed by atoms with E-state index in [-0.39, 0.29) is 10.6 Å². The van der Waals surface area contributed by atoms with Crippen LogP contribution in [-0.4, -0.2) is 15.6 Å². The molecule has 0 radical (unpaired) electrons. The summed E-state index contributed by atoms with van der Waals surface area (Å²) in [6.07, 6.45) is 5.42. The second-order valence-corrected chi connectivity index (χ2v) is 8.04. The summed E-state index contributed by atoms with van der Waals surface area (Å²) < 4.78 is 2.19. The second kappa shape index (κ2) is 7.92. The van der Waals surface area contributed by atoms with Crippen molar-refractivity contribution in [3.63, 3.8) is 0 Å². The van der Waals surface area contributed by atoms with Crippen LogP contribution < -0.4 is 0 Å². The van der Waals surface area contributed by atoms with E-state index in [9.17, 15) is 9.90 Å². The summed E-state index contributed by atoms with van der Waals surface area (Å²) >= 11 is 6.12. The molecule has 0 amide bonds. The topological polar surface area (TPSA) is 42.2 Å². The first-order valence-corrected chi connectivity index (χ1v) is 10.4. The Balaban J connectivity index is 1.94. The van der Waals surface area contributed by atoms with Crippen molar-refractivity contribution in [3.8, 4) is 16.9 Å². The van der Waals surface area contributed by atoms with E-state index in [4.69, 9.17) is 11.6 Å². The molecule has 1 aromatic heterocycles. The summed E-state index contributed by atoms with van der Waals surface area (Å²) in [6.45, 7) is 4.51. The van der Waals surface area contributed by atoms with Crippen molar-refractivity contribution in [1.29, 1.82) is 0 Å². The number of nitrogens with zero attached hydrogens (tertiary/aromatic N) is 1. The van der Waals surface area contributed by atoms with Crippen LogP contribution in [0.4, 0.5) is 0 Å². The van der Waals surface area contributed by atoms with E-state index in [1.165, 1.54) is 16.8 Å². The van der Waals surface area contributed by atoms with Crippen molar-refractivity contribution >= 4 is 23.6 Å². The summed E-state index contributed by atoms with van der Waals surface area (Å²) in [6, 6.07) is 17.7. The Labute approximate surface area is 176 Å². The van der Waals surface area contributed by atoms with Crippen LogP contribution in [0.3, 0.4) is 0 Å². The standard InChI is InChI=1S/C25H24ClNO2/c1-3-16(2)18-9-12-23-19(13-18)14-24(17-7-5-4-6-8-17)27(23)20-10-11-22(26)21(15-20)25(28)29/h4-8,10-11,13-16H,3,9,12H2,1-2H3,(H,28,29). The minimum atomic E-state index is -1.02. The molecule has 148 valence electrons. The van der Waals surface area contributed by atoms with Gasteiger partial charge in [0.2, 0.25) is 0 Å². The Morgan fingerprint density at radius 3 is 2.59 bits per heavy atom. The smallest absolute Gasteiger partial charge is 0.337 e. The maximum absolute atomic E-state index is 11.6. The van der Waals surface area contributed by atoms with Crippen molar-refractivity contribution in [1.82, 2.24) is 4.57 Å². The lowest BCUT2D eigenvalue weighted by atomic mass is 9.88. The van der Waals surface area contributed by atoms with Gasteiger partial charge in [-0.05, 0) is 60.6 Å². The predicted molar refractivity (Wildman–Crippen MR) is 119 cm³/mol. The van der Waals surface area contributed by atoms with Gasteiger partial charge in [0, 0.05) is 11.4 Å². The molecule has 3 nitrogen and oxygen atoms in total. The molecule has 4 rings (SSSR count). The fraction of sp³-hybridized carbons (Fsp3) is 0.240. The highest BCUT2D eigenvalue weighted by molar-refractivity contribution is 6.33. The fourth-order valence-electron chi connectivity index (χ4n) is 4.07. The highest BCUT2D eigenvalue weighted by Gasteiger charge is 2.23. The number of hydrogen-bond acceptors (Lipinski definition) is 1. The Morgan fingerprint density at radius 2 is 1.90 bits per heavy atom. The van der Waals surface area contributed by atoms with E-state index >= 15 is 0 Å². The molecule has 0 saturated heterocycles. The molecule has 4 heteroatoms. The van der Waals surface area contributed by atoms with E-state index in [0.29, 0.717) is 5.92 Å². The largest absolute Gasteiger partial charge is 0.478 e. The Bertz CT molecular complexity index is 1100. The zero-order valence-corrected chi connectivity index (χ0v) is 17.4.